The number of carbonyl (C=O) groups is 2. The number of hydrogen-bond acceptors (Lipinski definition) is 8. The van der Waals surface area contributed by atoms with E-state index in [2.05, 4.69) is 15.4 Å². The van der Waals surface area contributed by atoms with Gasteiger partial charge >= 0.3 is 0 Å². The first-order chi connectivity index (χ1) is 13.9. The van der Waals surface area contributed by atoms with E-state index >= 15 is 0 Å². The summed E-state index contributed by atoms with van der Waals surface area (Å²) in [6.45, 7) is 2.99. The molecule has 11 nitrogen and oxygen atoms in total. The lowest BCUT2D eigenvalue weighted by atomic mass is 10.1. The van der Waals surface area contributed by atoms with Crippen molar-refractivity contribution in [3.63, 3.8) is 0 Å². The highest BCUT2D eigenvalue weighted by molar-refractivity contribution is 7.16. The van der Waals surface area contributed by atoms with Gasteiger partial charge in [0.25, 0.3) is 11.8 Å². The summed E-state index contributed by atoms with van der Waals surface area (Å²) in [4.78, 5) is 44.2. The monoisotopic (exact) mass is 416 g/mol. The lowest BCUT2D eigenvalue weighted by Gasteiger charge is -2.31. The molecule has 12 heteroatoms. The van der Waals surface area contributed by atoms with Gasteiger partial charge in [-0.15, -0.1) is 0 Å². The van der Waals surface area contributed by atoms with Crippen molar-refractivity contribution in [2.75, 3.05) is 13.2 Å². The topological polar surface area (TPSA) is 131 Å². The number of nitrogens with one attached hydrogen (secondary N) is 1. The third-order valence-electron chi connectivity index (χ3n) is 4.93. The van der Waals surface area contributed by atoms with E-state index < -0.39 is 29.2 Å². The van der Waals surface area contributed by atoms with Crippen LogP contribution in [0.3, 0.4) is 0 Å². The predicted octanol–water partition coefficient (Wildman–Crippen LogP) is -0.291. The Morgan fingerprint density at radius 2 is 2.24 bits per heavy atom. The number of aryl methyl sites for hydroxylation is 1. The molecule has 0 radical (unpaired) electrons. The molecule has 0 saturated carbocycles. The lowest BCUT2D eigenvalue weighted by Crippen LogP contribution is -2.46. The second-order valence-electron chi connectivity index (χ2n) is 6.81. The summed E-state index contributed by atoms with van der Waals surface area (Å²) in [7, 11) is 0. The zero-order valence-electron chi connectivity index (χ0n) is 15.3. The van der Waals surface area contributed by atoms with Crippen molar-refractivity contribution >= 4 is 28.1 Å². The number of rotatable bonds is 3. The van der Waals surface area contributed by atoms with Gasteiger partial charge < -0.3 is 24.6 Å². The summed E-state index contributed by atoms with van der Waals surface area (Å²) in [6, 6.07) is 0. The van der Waals surface area contributed by atoms with Gasteiger partial charge in [-0.05, 0) is 6.92 Å². The third kappa shape index (κ3) is 2.79. The van der Waals surface area contributed by atoms with Crippen LogP contribution >= 0.6 is 11.3 Å². The van der Waals surface area contributed by atoms with E-state index in [9.17, 15) is 19.5 Å². The fraction of sp³-hybridized carbons (Fsp3) is 0.353. The molecule has 5 rings (SSSR count). The highest BCUT2D eigenvalue weighted by Gasteiger charge is 2.39. The standard InChI is InChI=1S/C17H16N6O5S/c1-8-20-23-5-9(19-17(23)29-8)4-18-15(26)10-6-21-7-11-22(2-3-28-11)16(27)12(21)14(25)13(10)24/h5-6,11,25H,2-4,7H2,1H3,(H,18,26). The molecular formula is C17H16N6O5S. The summed E-state index contributed by atoms with van der Waals surface area (Å²) in [5.74, 6) is -1.88. The zero-order chi connectivity index (χ0) is 20.3. The van der Waals surface area contributed by atoms with E-state index in [0.29, 0.717) is 23.8 Å². The summed E-state index contributed by atoms with van der Waals surface area (Å²) >= 11 is 1.43. The van der Waals surface area contributed by atoms with E-state index in [4.69, 9.17) is 4.74 Å². The average molecular weight is 416 g/mol. The van der Waals surface area contributed by atoms with E-state index in [-0.39, 0.29) is 24.3 Å². The Labute approximate surface area is 167 Å². The molecule has 1 atom stereocenters. The molecule has 2 aliphatic rings. The number of fused-ring (bicyclic) bond motifs is 3. The van der Waals surface area contributed by atoms with Crippen LogP contribution in [0.2, 0.25) is 0 Å². The minimum atomic E-state index is -0.885. The van der Waals surface area contributed by atoms with Gasteiger partial charge in [0.2, 0.25) is 10.4 Å². The summed E-state index contributed by atoms with van der Waals surface area (Å²) in [6.07, 6.45) is 2.52. The summed E-state index contributed by atoms with van der Waals surface area (Å²) in [5, 5.41) is 18.1. The van der Waals surface area contributed by atoms with E-state index in [1.54, 1.807) is 10.7 Å². The van der Waals surface area contributed by atoms with Gasteiger partial charge in [0.15, 0.2) is 17.7 Å². The Bertz CT molecular complexity index is 1200. The fourth-order valence-corrected chi connectivity index (χ4v) is 4.33. The van der Waals surface area contributed by atoms with Crippen molar-refractivity contribution in [1.29, 1.82) is 0 Å². The maximum atomic E-state index is 12.6. The Balaban J connectivity index is 1.41. The Morgan fingerprint density at radius 1 is 1.41 bits per heavy atom. The van der Waals surface area contributed by atoms with Gasteiger partial charge in [0.1, 0.15) is 10.6 Å². The van der Waals surface area contributed by atoms with Crippen LogP contribution in [0, 0.1) is 6.92 Å². The van der Waals surface area contributed by atoms with Gasteiger partial charge in [-0.1, -0.05) is 11.3 Å². The smallest absolute Gasteiger partial charge is 0.276 e. The van der Waals surface area contributed by atoms with Crippen LogP contribution in [0.4, 0.5) is 0 Å². The van der Waals surface area contributed by atoms with Gasteiger partial charge in [-0.2, -0.15) is 5.10 Å². The van der Waals surface area contributed by atoms with Crippen molar-refractivity contribution in [1.82, 2.24) is 29.4 Å². The number of hydrogen-bond donors (Lipinski definition) is 2. The Kier molecular flexibility index (Phi) is 3.93. The molecule has 150 valence electrons. The van der Waals surface area contributed by atoms with E-state index in [0.717, 1.165) is 5.01 Å². The first kappa shape index (κ1) is 17.8. The normalized spacial score (nSPS) is 18.2. The van der Waals surface area contributed by atoms with Crippen LogP contribution in [-0.4, -0.2) is 60.4 Å². The van der Waals surface area contributed by atoms with Gasteiger partial charge in [0, 0.05) is 12.7 Å². The molecule has 29 heavy (non-hydrogen) atoms. The maximum absolute atomic E-state index is 12.6. The third-order valence-corrected chi connectivity index (χ3v) is 5.77. The molecule has 3 aromatic rings. The van der Waals surface area contributed by atoms with Crippen molar-refractivity contribution in [3.05, 3.63) is 44.6 Å². The Hall–Kier alpha value is -3.25. The average Bonchev–Trinajstić information content (AvgIpc) is 3.37. The van der Waals surface area contributed by atoms with E-state index in [1.807, 2.05) is 6.92 Å². The van der Waals surface area contributed by atoms with Crippen LogP contribution in [0.5, 0.6) is 5.75 Å². The number of aromatic nitrogens is 4. The fourth-order valence-electron chi connectivity index (χ4n) is 3.58. The molecule has 0 aliphatic carbocycles. The number of pyridine rings is 1. The van der Waals surface area contributed by atoms with Crippen molar-refractivity contribution in [2.45, 2.75) is 26.2 Å². The molecule has 1 saturated heterocycles. The van der Waals surface area contributed by atoms with Crippen molar-refractivity contribution in [3.8, 4) is 5.75 Å². The number of imidazole rings is 1. The summed E-state index contributed by atoms with van der Waals surface area (Å²) < 4.78 is 8.53. The number of ether oxygens (including phenoxy) is 1. The van der Waals surface area contributed by atoms with Crippen LogP contribution in [-0.2, 0) is 17.8 Å². The highest BCUT2D eigenvalue weighted by Crippen LogP contribution is 2.26. The molecule has 3 aromatic heterocycles. The van der Waals surface area contributed by atoms with E-state index in [1.165, 1.54) is 27.0 Å². The molecule has 1 unspecified atom stereocenters. The largest absolute Gasteiger partial charge is 0.503 e. The van der Waals surface area contributed by atoms with Crippen molar-refractivity contribution < 1.29 is 19.4 Å². The first-order valence-electron chi connectivity index (χ1n) is 8.91. The molecular weight excluding hydrogens is 400 g/mol. The van der Waals surface area contributed by atoms with Crippen LogP contribution in [0.25, 0.3) is 4.96 Å². The minimum absolute atomic E-state index is 0.0916. The van der Waals surface area contributed by atoms with Gasteiger partial charge in [-0.25, -0.2) is 9.50 Å². The summed E-state index contributed by atoms with van der Waals surface area (Å²) in [5.41, 5.74) is -0.669. The predicted molar refractivity (Wildman–Crippen MR) is 99.9 cm³/mol. The molecule has 5 heterocycles. The molecule has 0 aromatic carbocycles. The number of amides is 2. The van der Waals surface area contributed by atoms with Gasteiger partial charge in [0.05, 0.1) is 31.6 Å². The highest BCUT2D eigenvalue weighted by atomic mass is 32.1. The molecule has 2 N–H and O–H groups in total. The van der Waals surface area contributed by atoms with Crippen LogP contribution in [0.15, 0.2) is 17.2 Å². The molecule has 1 fully saturated rings. The van der Waals surface area contributed by atoms with Crippen LogP contribution < -0.4 is 10.7 Å². The maximum Gasteiger partial charge on any atom is 0.276 e. The minimum Gasteiger partial charge on any atom is -0.503 e. The molecule has 0 bridgehead atoms. The SMILES string of the molecule is Cc1nn2cc(CNC(=O)c3cn4c(c(O)c3=O)C(=O)N3CCOC3C4)nc2s1. The van der Waals surface area contributed by atoms with Crippen LogP contribution in [0.1, 0.15) is 31.5 Å². The number of nitrogens with zero attached hydrogens (tertiary/aromatic N) is 5. The zero-order valence-corrected chi connectivity index (χ0v) is 16.1. The second kappa shape index (κ2) is 6.39. The van der Waals surface area contributed by atoms with Gasteiger partial charge in [-0.3, -0.25) is 14.4 Å². The molecule has 0 spiro atoms. The molecule has 2 aliphatic heterocycles. The second-order valence-corrected chi connectivity index (χ2v) is 7.97. The van der Waals surface area contributed by atoms with Crippen molar-refractivity contribution in [2.24, 2.45) is 0 Å². The lowest BCUT2D eigenvalue weighted by molar-refractivity contribution is 0.00845. The quantitative estimate of drug-likeness (QED) is 0.600. The first-order valence-corrected chi connectivity index (χ1v) is 9.73. The Morgan fingerprint density at radius 3 is 3.03 bits per heavy atom. The molecule has 2 amide bonds. The number of carbonyl (C=O) groups excluding carboxylic acids is 2. The number of aromatic hydroxyl groups is 1.